The molecule has 27 heavy (non-hydrogen) atoms. The third kappa shape index (κ3) is 3.15. The van der Waals surface area contributed by atoms with Gasteiger partial charge in [0.05, 0.1) is 18.6 Å². The number of nitrogens with one attached hydrogen (secondary N) is 1. The van der Waals surface area contributed by atoms with Gasteiger partial charge >= 0.3 is 5.95 Å². The van der Waals surface area contributed by atoms with Crippen LogP contribution >= 0.6 is 0 Å². The zero-order valence-electron chi connectivity index (χ0n) is 15.7. The molecular formula is C19H24N6O2. The molecule has 2 heterocycles. The Morgan fingerprint density at radius 2 is 1.93 bits per heavy atom. The van der Waals surface area contributed by atoms with E-state index < -0.39 is 0 Å². The van der Waals surface area contributed by atoms with Gasteiger partial charge in [-0.15, -0.1) is 0 Å². The molecule has 0 atom stereocenters. The lowest BCUT2D eigenvalue weighted by atomic mass is 10.1. The predicted octanol–water partition coefficient (Wildman–Crippen LogP) is 1.83. The highest BCUT2D eigenvalue weighted by Crippen LogP contribution is 2.25. The zero-order chi connectivity index (χ0) is 19.0. The maximum atomic E-state index is 13.1. The number of fused-ring (bicyclic) bond motifs is 2. The van der Waals surface area contributed by atoms with Gasteiger partial charge in [0, 0.05) is 16.6 Å². The van der Waals surface area contributed by atoms with E-state index in [1.165, 1.54) is 0 Å². The molecule has 0 bridgehead atoms. The molecule has 0 unspecified atom stereocenters. The lowest BCUT2D eigenvalue weighted by Gasteiger charge is -2.20. The van der Waals surface area contributed by atoms with Gasteiger partial charge in [0.15, 0.2) is 5.52 Å². The molecule has 8 nitrogen and oxygen atoms in total. The number of H-pyrrole nitrogens is 1. The van der Waals surface area contributed by atoms with Gasteiger partial charge in [0.1, 0.15) is 6.54 Å². The molecule has 4 rings (SSSR count). The molecular weight excluding hydrogens is 344 g/mol. The van der Waals surface area contributed by atoms with E-state index in [-0.39, 0.29) is 5.95 Å². The molecule has 0 spiro atoms. The van der Waals surface area contributed by atoms with Gasteiger partial charge in [-0.3, -0.25) is 4.90 Å². The van der Waals surface area contributed by atoms with Crippen molar-refractivity contribution < 1.29 is 9.58 Å². The van der Waals surface area contributed by atoms with Crippen LogP contribution in [-0.4, -0.2) is 21.6 Å². The number of aryl methyl sites for hydroxylation is 3. The lowest BCUT2D eigenvalue weighted by Crippen LogP contribution is -2.48. The van der Waals surface area contributed by atoms with Gasteiger partial charge in [0.2, 0.25) is 5.10 Å². The fourth-order valence-corrected chi connectivity index (χ4v) is 3.72. The van der Waals surface area contributed by atoms with Crippen molar-refractivity contribution in [1.82, 2.24) is 15.1 Å². The first kappa shape index (κ1) is 17.5. The standard InChI is InChI=1S/C19H24N6O2/c1-3-4-8-23(11-16-13(2)20-12-21-16)19-22-25(27)18-10-15-7-5-6-14(15)9-17(18)24(19)26/h9-10,12H,3-8,11H2,1-2H3,(H,20,21). The molecule has 0 saturated heterocycles. The Hall–Kier alpha value is -2.90. The van der Waals surface area contributed by atoms with Gasteiger partial charge in [-0.2, -0.15) is 0 Å². The third-order valence-corrected chi connectivity index (χ3v) is 5.32. The van der Waals surface area contributed by atoms with E-state index in [4.69, 9.17) is 0 Å². The molecule has 3 aromatic rings. The summed E-state index contributed by atoms with van der Waals surface area (Å²) in [7, 11) is 0. The molecule has 142 valence electrons. The Bertz CT molecular complexity index is 984. The molecule has 0 fully saturated rings. The first-order valence-corrected chi connectivity index (χ1v) is 9.51. The van der Waals surface area contributed by atoms with Crippen LogP contribution in [0.3, 0.4) is 0 Å². The van der Waals surface area contributed by atoms with Gasteiger partial charge in [-0.1, -0.05) is 13.3 Å². The number of nitrogens with zero attached hydrogens (tertiary/aromatic N) is 5. The summed E-state index contributed by atoms with van der Waals surface area (Å²) in [6.07, 6.45) is 6.48. The largest absolute Gasteiger partial charge is 0.739 e. The second kappa shape index (κ2) is 7.02. The van der Waals surface area contributed by atoms with Crippen LogP contribution in [0.15, 0.2) is 18.5 Å². The second-order valence-corrected chi connectivity index (χ2v) is 7.18. The summed E-state index contributed by atoms with van der Waals surface area (Å²) in [5.74, 6) is 0.131. The van der Waals surface area contributed by atoms with Gasteiger partial charge in [-0.05, 0) is 49.8 Å². The van der Waals surface area contributed by atoms with E-state index in [2.05, 4.69) is 22.0 Å². The Morgan fingerprint density at radius 3 is 2.59 bits per heavy atom. The average molecular weight is 368 g/mol. The van der Waals surface area contributed by atoms with Crippen LogP contribution in [0.5, 0.6) is 0 Å². The molecule has 0 aliphatic heterocycles. The number of aromatic nitrogens is 5. The topological polar surface area (TPSA) is 98.7 Å². The van der Waals surface area contributed by atoms with Crippen molar-refractivity contribution in [3.8, 4) is 0 Å². The Labute approximate surface area is 157 Å². The smallest absolute Gasteiger partial charge is 0.463 e. The van der Waals surface area contributed by atoms with Crippen LogP contribution in [0.2, 0.25) is 0 Å². The molecule has 1 aliphatic rings. The van der Waals surface area contributed by atoms with Crippen molar-refractivity contribution in [3.05, 3.63) is 51.4 Å². The molecule has 2 aromatic heterocycles. The minimum absolute atomic E-state index is 0.131. The maximum Gasteiger partial charge on any atom is 0.463 e. The molecule has 0 radical (unpaired) electrons. The van der Waals surface area contributed by atoms with Gasteiger partial charge in [0.25, 0.3) is 5.52 Å². The highest BCUT2D eigenvalue weighted by atomic mass is 16.5. The maximum absolute atomic E-state index is 13.1. The second-order valence-electron chi connectivity index (χ2n) is 7.18. The highest BCUT2D eigenvalue weighted by Gasteiger charge is 2.29. The summed E-state index contributed by atoms with van der Waals surface area (Å²) in [4.78, 5) is 9.82. The monoisotopic (exact) mass is 368 g/mol. The Kier molecular flexibility index (Phi) is 4.55. The lowest BCUT2D eigenvalue weighted by molar-refractivity contribution is -0.673. The highest BCUT2D eigenvalue weighted by molar-refractivity contribution is 5.71. The molecule has 0 amide bonds. The molecule has 1 N–H and O–H groups in total. The summed E-state index contributed by atoms with van der Waals surface area (Å²) >= 11 is 0. The van der Waals surface area contributed by atoms with Crippen molar-refractivity contribution in [3.63, 3.8) is 0 Å². The van der Waals surface area contributed by atoms with Gasteiger partial charge < -0.3 is 15.4 Å². The predicted molar refractivity (Wildman–Crippen MR) is 101 cm³/mol. The SMILES string of the molecule is CCCCN(Cc1nc[nH]c1C)c1n[n+]([O-])c2cc3c(cc2[n+]1[O-])CCC3. The van der Waals surface area contributed by atoms with Crippen molar-refractivity contribution in [2.45, 2.75) is 52.5 Å². The van der Waals surface area contributed by atoms with E-state index in [0.29, 0.717) is 29.0 Å². The number of rotatable bonds is 6. The number of benzene rings is 1. The number of anilines is 1. The first-order valence-electron chi connectivity index (χ1n) is 9.51. The molecule has 1 aliphatic carbocycles. The number of hydrogen-bond donors (Lipinski definition) is 1. The molecule has 0 saturated carbocycles. The van der Waals surface area contributed by atoms with E-state index >= 15 is 0 Å². The molecule has 8 heteroatoms. The van der Waals surface area contributed by atoms with Crippen LogP contribution in [0.1, 0.15) is 48.7 Å². The Morgan fingerprint density at radius 1 is 1.19 bits per heavy atom. The van der Waals surface area contributed by atoms with Crippen molar-refractivity contribution in [2.75, 3.05) is 11.4 Å². The van der Waals surface area contributed by atoms with Crippen LogP contribution in [0.4, 0.5) is 5.95 Å². The summed E-state index contributed by atoms with van der Waals surface area (Å²) < 4.78 is 0.806. The van der Waals surface area contributed by atoms with E-state index in [1.807, 2.05) is 24.0 Å². The quantitative estimate of drug-likeness (QED) is 0.529. The van der Waals surface area contributed by atoms with Crippen LogP contribution in [0, 0.1) is 17.3 Å². The average Bonchev–Trinajstić information content (AvgIpc) is 3.29. The van der Waals surface area contributed by atoms with E-state index in [9.17, 15) is 10.4 Å². The minimum Gasteiger partial charge on any atom is -0.739 e. The minimum atomic E-state index is 0.131. The Balaban J connectivity index is 1.80. The number of aromatic amines is 1. The fourth-order valence-electron chi connectivity index (χ4n) is 3.72. The van der Waals surface area contributed by atoms with Crippen LogP contribution < -0.4 is 14.5 Å². The van der Waals surface area contributed by atoms with E-state index in [0.717, 1.165) is 59.3 Å². The van der Waals surface area contributed by atoms with Gasteiger partial charge in [-0.25, -0.2) is 9.71 Å². The zero-order valence-corrected chi connectivity index (χ0v) is 15.7. The fraction of sp³-hybridized carbons (Fsp3) is 0.474. The number of unbranched alkanes of at least 4 members (excludes halogenated alkanes) is 1. The third-order valence-electron chi connectivity index (χ3n) is 5.32. The number of hydrogen-bond acceptors (Lipinski definition) is 5. The summed E-state index contributed by atoms with van der Waals surface area (Å²) in [5, 5.41) is 29.8. The molecule has 1 aromatic carbocycles. The number of imidazole rings is 1. The van der Waals surface area contributed by atoms with Crippen molar-refractivity contribution in [2.24, 2.45) is 0 Å². The van der Waals surface area contributed by atoms with Crippen molar-refractivity contribution in [1.29, 1.82) is 0 Å². The normalized spacial score (nSPS) is 13.3. The summed E-state index contributed by atoms with van der Waals surface area (Å²) in [6.45, 7) is 5.10. The van der Waals surface area contributed by atoms with Crippen LogP contribution in [0.25, 0.3) is 11.0 Å². The van der Waals surface area contributed by atoms with Crippen LogP contribution in [-0.2, 0) is 19.4 Å². The van der Waals surface area contributed by atoms with E-state index in [1.54, 1.807) is 6.33 Å². The summed E-state index contributed by atoms with van der Waals surface area (Å²) in [6, 6.07) is 3.69. The van der Waals surface area contributed by atoms with Crippen molar-refractivity contribution >= 4 is 17.0 Å². The summed E-state index contributed by atoms with van der Waals surface area (Å²) in [5.41, 5.74) is 4.82. The first-order chi connectivity index (χ1) is 13.1.